The van der Waals surface area contributed by atoms with Crippen molar-refractivity contribution in [3.05, 3.63) is 36.5 Å². The van der Waals surface area contributed by atoms with Gasteiger partial charge in [0.25, 0.3) is 5.89 Å². The first-order valence-corrected chi connectivity index (χ1v) is 8.97. The topological polar surface area (TPSA) is 82.3 Å². The zero-order valence-electron chi connectivity index (χ0n) is 15.6. The third-order valence-corrected chi connectivity index (χ3v) is 4.78. The van der Waals surface area contributed by atoms with Gasteiger partial charge in [-0.15, -0.1) is 0 Å². The van der Waals surface area contributed by atoms with Crippen molar-refractivity contribution in [2.24, 2.45) is 5.92 Å². The van der Waals surface area contributed by atoms with Crippen LogP contribution in [0.5, 0.6) is 11.5 Å². The Labute approximate surface area is 157 Å². The van der Waals surface area contributed by atoms with Crippen molar-refractivity contribution in [3.63, 3.8) is 0 Å². The Morgan fingerprint density at radius 2 is 2.00 bits per heavy atom. The Hall–Kier alpha value is -3.09. The van der Waals surface area contributed by atoms with E-state index < -0.39 is 0 Å². The van der Waals surface area contributed by atoms with E-state index in [1.807, 2.05) is 30.3 Å². The van der Waals surface area contributed by atoms with Crippen molar-refractivity contribution in [2.75, 3.05) is 19.5 Å². The van der Waals surface area contributed by atoms with Crippen LogP contribution in [0, 0.1) is 5.92 Å². The number of anilines is 1. The Kier molecular flexibility index (Phi) is 4.66. The molecular formula is C20H22N4O3. The van der Waals surface area contributed by atoms with Crippen LogP contribution in [0.2, 0.25) is 0 Å². The molecule has 0 bridgehead atoms. The molecule has 27 heavy (non-hydrogen) atoms. The van der Waals surface area contributed by atoms with Gasteiger partial charge in [-0.2, -0.15) is 4.98 Å². The molecule has 2 heterocycles. The first kappa shape index (κ1) is 17.3. The Balaban J connectivity index is 1.56. The summed E-state index contributed by atoms with van der Waals surface area (Å²) in [6.07, 6.45) is 4.33. The van der Waals surface area contributed by atoms with Crippen LogP contribution in [0.25, 0.3) is 22.8 Å². The molecule has 1 saturated carbocycles. The normalized spacial score (nSPS) is 14.6. The fourth-order valence-corrected chi connectivity index (χ4v) is 3.07. The minimum Gasteiger partial charge on any atom is -0.493 e. The maximum atomic E-state index is 5.45. The van der Waals surface area contributed by atoms with Crippen molar-refractivity contribution >= 4 is 5.82 Å². The van der Waals surface area contributed by atoms with Gasteiger partial charge in [-0.3, -0.25) is 0 Å². The van der Waals surface area contributed by atoms with Crippen LogP contribution >= 0.6 is 0 Å². The third kappa shape index (κ3) is 3.58. The molecule has 7 heteroatoms. The lowest BCUT2D eigenvalue weighted by Crippen LogP contribution is -2.17. The van der Waals surface area contributed by atoms with Crippen LogP contribution in [-0.2, 0) is 0 Å². The average molecular weight is 366 g/mol. The van der Waals surface area contributed by atoms with Crippen molar-refractivity contribution < 1.29 is 14.0 Å². The fraction of sp³-hybridized carbons (Fsp3) is 0.350. The lowest BCUT2D eigenvalue weighted by atomic mass is 10.1. The molecule has 4 rings (SSSR count). The van der Waals surface area contributed by atoms with E-state index in [9.17, 15) is 0 Å². The monoisotopic (exact) mass is 366 g/mol. The zero-order valence-corrected chi connectivity index (χ0v) is 15.6. The molecule has 7 nitrogen and oxygen atoms in total. The predicted molar refractivity (Wildman–Crippen MR) is 102 cm³/mol. The van der Waals surface area contributed by atoms with Gasteiger partial charge in [0.15, 0.2) is 11.5 Å². The first-order valence-electron chi connectivity index (χ1n) is 8.97. The van der Waals surface area contributed by atoms with Gasteiger partial charge in [-0.25, -0.2) is 4.98 Å². The molecule has 0 aliphatic heterocycles. The van der Waals surface area contributed by atoms with Crippen LogP contribution in [0.15, 0.2) is 41.1 Å². The number of benzene rings is 1. The molecule has 3 aromatic rings. The molecule has 140 valence electrons. The second-order valence-electron chi connectivity index (χ2n) is 6.67. The Bertz CT molecular complexity index is 919. The number of ether oxygens (including phenoxy) is 2. The van der Waals surface area contributed by atoms with E-state index in [4.69, 9.17) is 14.0 Å². The quantitative estimate of drug-likeness (QED) is 0.676. The number of aromatic nitrogens is 3. The summed E-state index contributed by atoms with van der Waals surface area (Å²) in [4.78, 5) is 8.95. The average Bonchev–Trinajstić information content (AvgIpc) is 3.45. The molecule has 1 fully saturated rings. The highest BCUT2D eigenvalue weighted by Crippen LogP contribution is 2.37. The largest absolute Gasteiger partial charge is 0.493 e. The van der Waals surface area contributed by atoms with Crippen LogP contribution in [0.1, 0.15) is 19.8 Å². The summed E-state index contributed by atoms with van der Waals surface area (Å²) < 4.78 is 16.2. The molecular weight excluding hydrogens is 344 g/mol. The van der Waals surface area contributed by atoms with Crippen LogP contribution < -0.4 is 14.8 Å². The highest BCUT2D eigenvalue weighted by molar-refractivity contribution is 5.69. The van der Waals surface area contributed by atoms with Crippen LogP contribution in [0.4, 0.5) is 5.82 Å². The molecule has 1 aliphatic carbocycles. The molecule has 0 spiro atoms. The Morgan fingerprint density at radius 3 is 2.67 bits per heavy atom. The second kappa shape index (κ2) is 7.26. The second-order valence-corrected chi connectivity index (χ2v) is 6.67. The molecule has 0 radical (unpaired) electrons. The summed E-state index contributed by atoms with van der Waals surface area (Å²) in [6.45, 7) is 2.19. The number of nitrogens with one attached hydrogen (secondary N) is 1. The molecule has 0 amide bonds. The molecule has 0 saturated heterocycles. The van der Waals surface area contributed by atoms with E-state index in [1.54, 1.807) is 20.4 Å². The number of hydrogen-bond acceptors (Lipinski definition) is 7. The van der Waals surface area contributed by atoms with Gasteiger partial charge in [-0.1, -0.05) is 11.2 Å². The van der Waals surface area contributed by atoms with Gasteiger partial charge in [0.1, 0.15) is 5.82 Å². The molecule has 1 aliphatic rings. The third-order valence-electron chi connectivity index (χ3n) is 4.78. The van der Waals surface area contributed by atoms with E-state index in [1.165, 1.54) is 12.8 Å². The fourth-order valence-electron chi connectivity index (χ4n) is 3.07. The number of nitrogens with zero attached hydrogens (tertiary/aromatic N) is 3. The van der Waals surface area contributed by atoms with Crippen molar-refractivity contribution in [2.45, 2.75) is 25.8 Å². The molecule has 0 unspecified atom stereocenters. The maximum absolute atomic E-state index is 5.45. The van der Waals surface area contributed by atoms with Crippen LogP contribution in [-0.4, -0.2) is 35.4 Å². The number of hydrogen-bond donors (Lipinski definition) is 1. The maximum Gasteiger partial charge on any atom is 0.259 e. The van der Waals surface area contributed by atoms with E-state index in [0.717, 1.165) is 17.3 Å². The lowest BCUT2D eigenvalue weighted by Gasteiger charge is -2.13. The standard InChI is InChI=1S/C20H22N4O3/c1-12(13-7-8-13)22-17-10-9-14(11-21-17)20-23-19(24-27-20)15-5-4-6-16(25-2)18(15)26-3/h4-6,9-13H,7-8H2,1-3H3,(H,21,22)/t12-/m0/s1. The summed E-state index contributed by atoms with van der Waals surface area (Å²) in [5.41, 5.74) is 1.47. The summed E-state index contributed by atoms with van der Waals surface area (Å²) in [6, 6.07) is 9.84. The first-order chi connectivity index (χ1) is 13.2. The number of para-hydroxylation sites is 1. The summed E-state index contributed by atoms with van der Waals surface area (Å²) in [5.74, 6) is 3.65. The highest BCUT2D eigenvalue weighted by Gasteiger charge is 2.28. The minimum absolute atomic E-state index is 0.407. The van der Waals surface area contributed by atoms with Gasteiger partial charge in [-0.05, 0) is 49.9 Å². The van der Waals surface area contributed by atoms with Gasteiger partial charge < -0.3 is 19.3 Å². The summed E-state index contributed by atoms with van der Waals surface area (Å²) in [5, 5.41) is 7.52. The summed E-state index contributed by atoms with van der Waals surface area (Å²) >= 11 is 0. The zero-order chi connectivity index (χ0) is 18.8. The van der Waals surface area contributed by atoms with Crippen molar-refractivity contribution in [1.29, 1.82) is 0 Å². The highest BCUT2D eigenvalue weighted by atomic mass is 16.5. The van der Waals surface area contributed by atoms with Gasteiger partial charge >= 0.3 is 0 Å². The van der Waals surface area contributed by atoms with Crippen LogP contribution in [0.3, 0.4) is 0 Å². The van der Waals surface area contributed by atoms with E-state index in [2.05, 4.69) is 27.4 Å². The van der Waals surface area contributed by atoms with Gasteiger partial charge in [0, 0.05) is 12.2 Å². The lowest BCUT2D eigenvalue weighted by molar-refractivity contribution is 0.355. The predicted octanol–water partition coefficient (Wildman–Crippen LogP) is 4.03. The number of rotatable bonds is 7. The van der Waals surface area contributed by atoms with Crippen molar-refractivity contribution in [1.82, 2.24) is 15.1 Å². The number of pyridine rings is 1. The van der Waals surface area contributed by atoms with Crippen molar-refractivity contribution in [3.8, 4) is 34.3 Å². The molecule has 2 aromatic heterocycles. The molecule has 1 aromatic carbocycles. The van der Waals surface area contributed by atoms with E-state index in [0.29, 0.717) is 34.8 Å². The minimum atomic E-state index is 0.407. The Morgan fingerprint density at radius 1 is 1.15 bits per heavy atom. The smallest absolute Gasteiger partial charge is 0.259 e. The SMILES string of the molecule is COc1cccc(-c2noc(-c3ccc(N[C@@H](C)C4CC4)nc3)n2)c1OC. The summed E-state index contributed by atoms with van der Waals surface area (Å²) in [7, 11) is 3.18. The van der Waals surface area contributed by atoms with Gasteiger partial charge in [0.05, 0.1) is 25.3 Å². The molecule has 1 N–H and O–H groups in total. The van der Waals surface area contributed by atoms with E-state index >= 15 is 0 Å². The van der Waals surface area contributed by atoms with E-state index in [-0.39, 0.29) is 0 Å². The molecule has 1 atom stereocenters. The van der Waals surface area contributed by atoms with Gasteiger partial charge in [0.2, 0.25) is 5.82 Å². The number of methoxy groups -OCH3 is 2.